The molecule has 0 aliphatic rings. The maximum absolute atomic E-state index is 9.42. The highest BCUT2D eigenvalue weighted by atomic mass is 16.3. The van der Waals surface area contributed by atoms with Gasteiger partial charge in [0, 0.05) is 7.57 Å². The van der Waals surface area contributed by atoms with Gasteiger partial charge < -0.3 is 5.11 Å². The van der Waals surface area contributed by atoms with Gasteiger partial charge in [0.05, 0.1) is 22.8 Å². The standard InChI is InChI=1S/C11H12N2O/c1-7-6-12-10-4-3-9(8(2)14)5-11(10)13-7/h3-6,8,14H,1-2H3/i1D. The molecule has 1 aromatic heterocycles. The van der Waals surface area contributed by atoms with Crippen molar-refractivity contribution >= 4 is 11.0 Å². The second-order valence-electron chi connectivity index (χ2n) is 3.29. The Hall–Kier alpha value is -1.48. The zero-order chi connectivity index (χ0) is 10.8. The highest BCUT2D eigenvalue weighted by Crippen LogP contribution is 2.17. The van der Waals surface area contributed by atoms with Crippen molar-refractivity contribution in [2.24, 2.45) is 0 Å². The van der Waals surface area contributed by atoms with Crippen LogP contribution in [0.4, 0.5) is 0 Å². The summed E-state index contributed by atoms with van der Waals surface area (Å²) in [5.41, 5.74) is 2.99. The van der Waals surface area contributed by atoms with Gasteiger partial charge in [0.1, 0.15) is 0 Å². The Morgan fingerprint density at radius 1 is 1.43 bits per heavy atom. The van der Waals surface area contributed by atoms with E-state index in [9.17, 15) is 5.11 Å². The molecular formula is C11H12N2O. The van der Waals surface area contributed by atoms with E-state index in [1.807, 2.05) is 18.2 Å². The summed E-state index contributed by atoms with van der Waals surface area (Å²) in [6.07, 6.45) is 1.10. The molecule has 1 heterocycles. The third kappa shape index (κ3) is 1.59. The minimum absolute atomic E-state index is 0.127. The molecule has 1 N–H and O–H groups in total. The van der Waals surface area contributed by atoms with Gasteiger partial charge in [-0.1, -0.05) is 6.07 Å². The highest BCUT2D eigenvalue weighted by Gasteiger charge is 2.03. The van der Waals surface area contributed by atoms with E-state index in [0.29, 0.717) is 5.69 Å². The van der Waals surface area contributed by atoms with Gasteiger partial charge in [0.25, 0.3) is 0 Å². The summed E-state index contributed by atoms with van der Waals surface area (Å²) in [5.74, 6) is 0. The maximum atomic E-state index is 9.42. The largest absolute Gasteiger partial charge is 0.389 e. The van der Waals surface area contributed by atoms with Crippen molar-refractivity contribution in [2.75, 3.05) is 0 Å². The van der Waals surface area contributed by atoms with Gasteiger partial charge in [-0.15, -0.1) is 0 Å². The number of benzene rings is 1. The average molecular weight is 189 g/mol. The van der Waals surface area contributed by atoms with Crippen molar-refractivity contribution in [3.63, 3.8) is 0 Å². The first-order valence-electron chi connectivity index (χ1n) is 5.14. The minimum atomic E-state index is -0.504. The van der Waals surface area contributed by atoms with Crippen LogP contribution in [-0.2, 0) is 0 Å². The van der Waals surface area contributed by atoms with Gasteiger partial charge in [-0.05, 0) is 31.5 Å². The van der Waals surface area contributed by atoms with E-state index in [4.69, 9.17) is 1.37 Å². The lowest BCUT2D eigenvalue weighted by molar-refractivity contribution is 0.199. The van der Waals surface area contributed by atoms with Gasteiger partial charge in [-0.2, -0.15) is 0 Å². The van der Waals surface area contributed by atoms with Gasteiger partial charge in [-0.25, -0.2) is 4.98 Å². The third-order valence-corrected chi connectivity index (χ3v) is 2.10. The van der Waals surface area contributed by atoms with E-state index >= 15 is 0 Å². The van der Waals surface area contributed by atoms with E-state index < -0.39 is 6.10 Å². The Labute approximate surface area is 83.8 Å². The van der Waals surface area contributed by atoms with Crippen molar-refractivity contribution in [1.29, 1.82) is 0 Å². The van der Waals surface area contributed by atoms with E-state index in [0.717, 1.165) is 16.6 Å². The summed E-state index contributed by atoms with van der Waals surface area (Å²) >= 11 is 0. The van der Waals surface area contributed by atoms with Crippen LogP contribution in [0.1, 0.15) is 25.7 Å². The number of hydrogen-bond donors (Lipinski definition) is 1. The van der Waals surface area contributed by atoms with E-state index in [2.05, 4.69) is 9.97 Å². The van der Waals surface area contributed by atoms with Crippen LogP contribution in [0.15, 0.2) is 24.4 Å². The van der Waals surface area contributed by atoms with Gasteiger partial charge in [0.15, 0.2) is 0 Å². The fourth-order valence-corrected chi connectivity index (χ4v) is 1.33. The van der Waals surface area contributed by atoms with Crippen molar-refractivity contribution in [1.82, 2.24) is 9.97 Å². The van der Waals surface area contributed by atoms with Crippen LogP contribution in [0.5, 0.6) is 0 Å². The first-order valence-corrected chi connectivity index (χ1v) is 4.43. The van der Waals surface area contributed by atoms with Gasteiger partial charge in [0.2, 0.25) is 0 Å². The molecule has 1 aromatic carbocycles. The lowest BCUT2D eigenvalue weighted by atomic mass is 10.1. The normalized spacial score (nSPS) is 14.0. The molecule has 0 amide bonds. The zero-order valence-electron chi connectivity index (χ0n) is 8.94. The molecule has 0 spiro atoms. The summed E-state index contributed by atoms with van der Waals surface area (Å²) in [7, 11) is 0. The molecule has 2 aromatic rings. The predicted octanol–water partition coefficient (Wildman–Crippen LogP) is 1.99. The third-order valence-electron chi connectivity index (χ3n) is 2.10. The number of aliphatic hydroxyl groups is 1. The Bertz CT molecular complexity index is 485. The smallest absolute Gasteiger partial charge is 0.0893 e. The van der Waals surface area contributed by atoms with Crippen molar-refractivity contribution in [3.05, 3.63) is 35.7 Å². The van der Waals surface area contributed by atoms with Crippen molar-refractivity contribution < 1.29 is 6.48 Å². The molecule has 0 bridgehead atoms. The molecule has 0 aliphatic heterocycles. The lowest BCUT2D eigenvalue weighted by Crippen LogP contribution is -1.93. The topological polar surface area (TPSA) is 46.0 Å². The van der Waals surface area contributed by atoms with Crippen LogP contribution in [-0.4, -0.2) is 15.1 Å². The molecule has 0 fully saturated rings. The summed E-state index contributed by atoms with van der Waals surface area (Å²) in [4.78, 5) is 8.46. The maximum Gasteiger partial charge on any atom is 0.0893 e. The van der Waals surface area contributed by atoms with Crippen LogP contribution >= 0.6 is 0 Å². The summed E-state index contributed by atoms with van der Waals surface area (Å²) in [6.45, 7) is 1.84. The second-order valence-corrected chi connectivity index (χ2v) is 3.29. The van der Waals surface area contributed by atoms with Crippen LogP contribution < -0.4 is 0 Å². The number of aliphatic hydroxyl groups excluding tert-OH is 1. The lowest BCUT2D eigenvalue weighted by Gasteiger charge is -2.05. The Morgan fingerprint density at radius 2 is 2.29 bits per heavy atom. The molecule has 0 saturated carbocycles. The Kier molecular flexibility index (Phi) is 1.88. The second kappa shape index (κ2) is 3.35. The number of rotatable bonds is 1. The SMILES string of the molecule is [2H]Cc1cnc2ccc(C(C)O)cc2n1. The molecule has 14 heavy (non-hydrogen) atoms. The van der Waals surface area contributed by atoms with E-state index in [1.54, 1.807) is 13.1 Å². The fourth-order valence-electron chi connectivity index (χ4n) is 1.33. The molecular weight excluding hydrogens is 176 g/mol. The molecule has 0 saturated heterocycles. The molecule has 72 valence electrons. The number of hydrogen-bond acceptors (Lipinski definition) is 3. The average Bonchev–Trinajstić information content (AvgIpc) is 2.27. The minimum Gasteiger partial charge on any atom is -0.389 e. The summed E-state index contributed by atoms with van der Waals surface area (Å²) in [5, 5.41) is 9.42. The van der Waals surface area contributed by atoms with Crippen LogP contribution in [0.25, 0.3) is 11.0 Å². The monoisotopic (exact) mass is 189 g/mol. The number of aryl methyl sites for hydroxylation is 1. The molecule has 1 unspecified atom stereocenters. The predicted molar refractivity (Wildman–Crippen MR) is 54.9 cm³/mol. The van der Waals surface area contributed by atoms with E-state index in [1.165, 1.54) is 0 Å². The van der Waals surface area contributed by atoms with Crippen molar-refractivity contribution in [2.45, 2.75) is 19.9 Å². The van der Waals surface area contributed by atoms with Crippen LogP contribution in [0.3, 0.4) is 0 Å². The molecule has 0 aliphatic carbocycles. The van der Waals surface area contributed by atoms with Crippen LogP contribution in [0, 0.1) is 6.90 Å². The fraction of sp³-hybridized carbons (Fsp3) is 0.273. The zero-order valence-corrected chi connectivity index (χ0v) is 7.94. The first kappa shape index (κ1) is 7.88. The Balaban J connectivity index is 2.57. The van der Waals surface area contributed by atoms with Crippen LogP contribution in [0.2, 0.25) is 0 Å². The van der Waals surface area contributed by atoms with Gasteiger partial charge in [-0.3, -0.25) is 4.98 Å². The number of nitrogens with zero attached hydrogens (tertiary/aromatic N) is 2. The van der Waals surface area contributed by atoms with Crippen molar-refractivity contribution in [3.8, 4) is 0 Å². The van der Waals surface area contributed by atoms with Gasteiger partial charge >= 0.3 is 0 Å². The molecule has 0 radical (unpaired) electrons. The molecule has 1 atom stereocenters. The van der Waals surface area contributed by atoms with E-state index in [-0.39, 0.29) is 6.90 Å². The number of aromatic nitrogens is 2. The summed E-state index contributed by atoms with van der Waals surface area (Å²) < 4.78 is 7.21. The highest BCUT2D eigenvalue weighted by molar-refractivity contribution is 5.74. The Morgan fingerprint density at radius 3 is 3.00 bits per heavy atom. The summed E-state index contributed by atoms with van der Waals surface area (Å²) in [6, 6.07) is 5.48. The molecule has 3 nitrogen and oxygen atoms in total. The first-order chi connectivity index (χ1) is 7.20. The quantitative estimate of drug-likeness (QED) is 0.746. The number of fused-ring (bicyclic) bond motifs is 1. The molecule has 3 heteroatoms. The molecule has 2 rings (SSSR count).